The highest BCUT2D eigenvalue weighted by molar-refractivity contribution is 6.31. The van der Waals surface area contributed by atoms with Crippen molar-refractivity contribution in [2.75, 3.05) is 6.54 Å². The minimum absolute atomic E-state index is 0.0650. The molecule has 0 spiro atoms. The fourth-order valence-electron chi connectivity index (χ4n) is 2.48. The molecule has 0 saturated carbocycles. The highest BCUT2D eigenvalue weighted by Gasteiger charge is 2.24. The number of hydrogen-bond acceptors (Lipinski definition) is 3. The molecule has 0 unspecified atom stereocenters. The van der Waals surface area contributed by atoms with Crippen LogP contribution in [0.5, 0.6) is 0 Å². The zero-order chi connectivity index (χ0) is 16.1. The van der Waals surface area contributed by atoms with Gasteiger partial charge in [-0.05, 0) is 24.1 Å². The quantitative estimate of drug-likeness (QED) is 0.454. The maximum atomic E-state index is 12.5. The Labute approximate surface area is 133 Å². The van der Waals surface area contributed by atoms with E-state index in [2.05, 4.69) is 0 Å². The van der Waals surface area contributed by atoms with Crippen LogP contribution in [0.1, 0.15) is 33.8 Å². The number of aryl methyl sites for hydroxylation is 1. The Morgan fingerprint density at radius 1 is 1.18 bits per heavy atom. The summed E-state index contributed by atoms with van der Waals surface area (Å²) in [6.45, 7) is 1.53. The molecule has 4 nitrogen and oxygen atoms in total. The summed E-state index contributed by atoms with van der Waals surface area (Å²) in [5.41, 5.74) is 2.11. The predicted molar refractivity (Wildman–Crippen MR) is 86.2 cm³/mol. The molecule has 2 rings (SSSR count). The third-order valence-corrected chi connectivity index (χ3v) is 3.94. The standard InChI is InChI=1S/C17H16ClNO3/c1-12-6-2-3-7-14(12)17(20)10-13(11-19(21)22)15-8-4-5-9-16(15)18/h2-9,13H,10-11H2,1H3/t13-/m1/s1. The van der Waals surface area contributed by atoms with Gasteiger partial charge in [-0.15, -0.1) is 0 Å². The van der Waals surface area contributed by atoms with Crippen LogP contribution in [0, 0.1) is 17.0 Å². The van der Waals surface area contributed by atoms with Crippen LogP contribution in [-0.4, -0.2) is 17.3 Å². The fraction of sp³-hybridized carbons (Fsp3) is 0.235. The van der Waals surface area contributed by atoms with E-state index in [4.69, 9.17) is 11.6 Å². The lowest BCUT2D eigenvalue weighted by atomic mass is 9.90. The first kappa shape index (κ1) is 16.2. The van der Waals surface area contributed by atoms with Crippen LogP contribution in [0.15, 0.2) is 48.5 Å². The van der Waals surface area contributed by atoms with Crippen molar-refractivity contribution < 1.29 is 9.72 Å². The van der Waals surface area contributed by atoms with Crippen molar-refractivity contribution in [2.24, 2.45) is 0 Å². The maximum absolute atomic E-state index is 12.5. The van der Waals surface area contributed by atoms with Crippen LogP contribution in [0.2, 0.25) is 5.02 Å². The molecule has 0 aromatic heterocycles. The highest BCUT2D eigenvalue weighted by atomic mass is 35.5. The van der Waals surface area contributed by atoms with Gasteiger partial charge in [0.05, 0.1) is 5.92 Å². The van der Waals surface area contributed by atoms with Gasteiger partial charge in [0.1, 0.15) is 0 Å². The lowest BCUT2D eigenvalue weighted by Gasteiger charge is -2.15. The van der Waals surface area contributed by atoms with Gasteiger partial charge in [-0.2, -0.15) is 0 Å². The number of Topliss-reactive ketones (excluding diaryl/α,β-unsaturated/α-hetero) is 1. The molecule has 0 aliphatic heterocycles. The van der Waals surface area contributed by atoms with Gasteiger partial charge in [0.2, 0.25) is 6.54 Å². The third-order valence-electron chi connectivity index (χ3n) is 3.59. The smallest absolute Gasteiger partial charge is 0.211 e. The molecular formula is C17H16ClNO3. The third kappa shape index (κ3) is 3.92. The second-order valence-electron chi connectivity index (χ2n) is 5.18. The van der Waals surface area contributed by atoms with E-state index in [1.54, 1.807) is 36.4 Å². The predicted octanol–water partition coefficient (Wildman–Crippen LogP) is 4.28. The summed E-state index contributed by atoms with van der Waals surface area (Å²) in [7, 11) is 0. The first-order valence-corrected chi connectivity index (χ1v) is 7.32. The first-order chi connectivity index (χ1) is 10.5. The summed E-state index contributed by atoms with van der Waals surface area (Å²) in [5, 5.41) is 11.4. The molecule has 5 heteroatoms. The molecule has 0 fully saturated rings. The van der Waals surface area contributed by atoms with Crippen molar-refractivity contribution in [1.82, 2.24) is 0 Å². The molecule has 2 aromatic rings. The van der Waals surface area contributed by atoms with E-state index in [0.717, 1.165) is 5.56 Å². The fourth-order valence-corrected chi connectivity index (χ4v) is 2.77. The average molecular weight is 318 g/mol. The van der Waals surface area contributed by atoms with Crippen molar-refractivity contribution >= 4 is 17.4 Å². The molecule has 114 valence electrons. The van der Waals surface area contributed by atoms with E-state index < -0.39 is 10.8 Å². The van der Waals surface area contributed by atoms with Gasteiger partial charge < -0.3 is 0 Å². The Kier molecular flexibility index (Phi) is 5.28. The molecule has 0 bridgehead atoms. The van der Waals surface area contributed by atoms with Gasteiger partial charge in [0.15, 0.2) is 5.78 Å². The summed E-state index contributed by atoms with van der Waals surface area (Å²) in [5.74, 6) is -0.638. The number of ketones is 1. The van der Waals surface area contributed by atoms with E-state index in [1.807, 2.05) is 19.1 Å². The monoisotopic (exact) mass is 317 g/mol. The molecule has 0 amide bonds. The topological polar surface area (TPSA) is 60.2 Å². The minimum atomic E-state index is -0.532. The number of nitrogens with zero attached hydrogens (tertiary/aromatic N) is 1. The lowest BCUT2D eigenvalue weighted by molar-refractivity contribution is -0.483. The molecule has 1 atom stereocenters. The van der Waals surface area contributed by atoms with Crippen LogP contribution in [-0.2, 0) is 0 Å². The zero-order valence-electron chi connectivity index (χ0n) is 12.2. The number of benzene rings is 2. The molecule has 0 aliphatic rings. The molecule has 0 radical (unpaired) electrons. The van der Waals surface area contributed by atoms with Crippen molar-refractivity contribution in [2.45, 2.75) is 19.3 Å². The largest absolute Gasteiger partial charge is 0.294 e. The second-order valence-corrected chi connectivity index (χ2v) is 5.58. The number of carbonyl (C=O) groups is 1. The molecule has 0 N–H and O–H groups in total. The van der Waals surface area contributed by atoms with Crippen molar-refractivity contribution in [3.63, 3.8) is 0 Å². The zero-order valence-corrected chi connectivity index (χ0v) is 12.9. The van der Waals surface area contributed by atoms with Crippen LogP contribution >= 0.6 is 11.6 Å². The second kappa shape index (κ2) is 7.18. The maximum Gasteiger partial charge on any atom is 0.211 e. The molecule has 0 saturated heterocycles. The number of halogens is 1. The van der Waals surface area contributed by atoms with E-state index in [9.17, 15) is 14.9 Å². The van der Waals surface area contributed by atoms with Crippen molar-refractivity contribution in [3.8, 4) is 0 Å². The van der Waals surface area contributed by atoms with Gasteiger partial charge in [0, 0.05) is 21.9 Å². The van der Waals surface area contributed by atoms with Crippen LogP contribution in [0.4, 0.5) is 0 Å². The summed E-state index contributed by atoms with van der Waals surface area (Å²) in [4.78, 5) is 23.0. The van der Waals surface area contributed by atoms with Crippen molar-refractivity contribution in [1.29, 1.82) is 0 Å². The van der Waals surface area contributed by atoms with E-state index in [0.29, 0.717) is 16.1 Å². The van der Waals surface area contributed by atoms with E-state index >= 15 is 0 Å². The van der Waals surface area contributed by atoms with Gasteiger partial charge >= 0.3 is 0 Å². The van der Waals surface area contributed by atoms with Crippen molar-refractivity contribution in [3.05, 3.63) is 80.4 Å². The normalized spacial score (nSPS) is 11.9. The number of rotatable bonds is 6. The van der Waals surface area contributed by atoms with E-state index in [-0.39, 0.29) is 18.7 Å². The van der Waals surface area contributed by atoms with Gasteiger partial charge in [-0.1, -0.05) is 54.1 Å². The molecule has 0 aliphatic carbocycles. The first-order valence-electron chi connectivity index (χ1n) is 6.94. The van der Waals surface area contributed by atoms with Gasteiger partial charge in [-0.3, -0.25) is 14.9 Å². The Bertz CT molecular complexity index is 700. The Hall–Kier alpha value is -2.20. The van der Waals surface area contributed by atoms with Crippen LogP contribution in [0.25, 0.3) is 0 Å². The average Bonchev–Trinajstić information content (AvgIpc) is 2.47. The molecule has 22 heavy (non-hydrogen) atoms. The number of nitro groups is 1. The Morgan fingerprint density at radius 2 is 1.82 bits per heavy atom. The Balaban J connectivity index is 2.28. The number of carbonyl (C=O) groups excluding carboxylic acids is 1. The van der Waals surface area contributed by atoms with Gasteiger partial charge in [0.25, 0.3) is 0 Å². The molecule has 0 heterocycles. The Morgan fingerprint density at radius 3 is 2.45 bits per heavy atom. The van der Waals surface area contributed by atoms with E-state index in [1.165, 1.54) is 0 Å². The summed E-state index contributed by atoms with van der Waals surface area (Å²) in [6.07, 6.45) is 0.0650. The highest BCUT2D eigenvalue weighted by Crippen LogP contribution is 2.29. The van der Waals surface area contributed by atoms with Crippen LogP contribution in [0.3, 0.4) is 0 Å². The molecular weight excluding hydrogens is 302 g/mol. The summed E-state index contributed by atoms with van der Waals surface area (Å²) >= 11 is 6.13. The lowest BCUT2D eigenvalue weighted by Crippen LogP contribution is -2.17. The summed E-state index contributed by atoms with van der Waals surface area (Å²) < 4.78 is 0. The minimum Gasteiger partial charge on any atom is -0.294 e. The SMILES string of the molecule is Cc1ccccc1C(=O)C[C@H](C[N+](=O)[O-])c1ccccc1Cl. The molecule has 2 aromatic carbocycles. The summed E-state index contributed by atoms with van der Waals surface area (Å²) in [6, 6.07) is 14.2. The van der Waals surface area contributed by atoms with Crippen LogP contribution < -0.4 is 0 Å². The number of hydrogen-bond donors (Lipinski definition) is 0. The van der Waals surface area contributed by atoms with Gasteiger partial charge in [-0.25, -0.2) is 0 Å².